The molecule has 1 heterocycles. The zero-order chi connectivity index (χ0) is 15.2. The van der Waals surface area contributed by atoms with Gasteiger partial charge in [-0.25, -0.2) is 0 Å². The second kappa shape index (κ2) is 7.66. The number of hydrogen-bond donors (Lipinski definition) is 2. The van der Waals surface area contributed by atoms with Crippen LogP contribution in [0.4, 0.5) is 0 Å². The molecule has 0 spiro atoms. The minimum absolute atomic E-state index is 0.170. The van der Waals surface area contributed by atoms with Crippen LogP contribution in [0, 0.1) is 5.92 Å². The maximum Gasteiger partial charge on any atom is 0.161 e. The quantitative estimate of drug-likeness (QED) is 0.847. The van der Waals surface area contributed by atoms with Gasteiger partial charge < -0.3 is 19.9 Å². The number of aliphatic hydroxyl groups is 1. The summed E-state index contributed by atoms with van der Waals surface area (Å²) in [7, 11) is 0. The third-order valence-electron chi connectivity index (χ3n) is 3.67. The monoisotopic (exact) mass is 293 g/mol. The molecule has 118 valence electrons. The fourth-order valence-electron chi connectivity index (χ4n) is 2.51. The van der Waals surface area contributed by atoms with E-state index in [0.29, 0.717) is 25.7 Å². The first-order chi connectivity index (χ1) is 10.1. The van der Waals surface area contributed by atoms with Gasteiger partial charge in [-0.1, -0.05) is 19.9 Å². The van der Waals surface area contributed by atoms with Gasteiger partial charge in [0, 0.05) is 19.0 Å². The van der Waals surface area contributed by atoms with Gasteiger partial charge in [-0.2, -0.15) is 0 Å². The zero-order valence-electron chi connectivity index (χ0n) is 13.3. The molecular formula is C17H27NO3. The molecule has 0 radical (unpaired) electrons. The van der Waals surface area contributed by atoms with Crippen LogP contribution in [-0.4, -0.2) is 31.0 Å². The van der Waals surface area contributed by atoms with Crippen LogP contribution in [0.2, 0.25) is 0 Å². The SMILES string of the molecule is CC(C)CC(O)CNC(C)c1ccc2c(c1)OCCCO2. The number of hydrogen-bond acceptors (Lipinski definition) is 4. The second-order valence-electron chi connectivity index (χ2n) is 6.17. The predicted molar refractivity (Wildman–Crippen MR) is 83.9 cm³/mol. The van der Waals surface area contributed by atoms with Crippen LogP contribution in [0.25, 0.3) is 0 Å². The molecule has 2 unspecified atom stereocenters. The lowest BCUT2D eigenvalue weighted by Gasteiger charge is -2.19. The van der Waals surface area contributed by atoms with Gasteiger partial charge in [0.2, 0.25) is 0 Å². The summed E-state index contributed by atoms with van der Waals surface area (Å²) in [6.45, 7) is 8.36. The predicted octanol–water partition coefficient (Wildman–Crippen LogP) is 2.91. The van der Waals surface area contributed by atoms with E-state index in [0.717, 1.165) is 29.9 Å². The van der Waals surface area contributed by atoms with E-state index in [1.54, 1.807) is 0 Å². The number of benzene rings is 1. The molecule has 0 aromatic heterocycles. The summed E-state index contributed by atoms with van der Waals surface area (Å²) in [5, 5.41) is 13.3. The smallest absolute Gasteiger partial charge is 0.161 e. The Hall–Kier alpha value is -1.26. The molecule has 1 aliphatic rings. The molecular weight excluding hydrogens is 266 g/mol. The molecule has 0 amide bonds. The van der Waals surface area contributed by atoms with Crippen molar-refractivity contribution < 1.29 is 14.6 Å². The molecule has 0 bridgehead atoms. The third-order valence-corrected chi connectivity index (χ3v) is 3.67. The Morgan fingerprint density at radius 2 is 1.86 bits per heavy atom. The fraction of sp³-hybridized carbons (Fsp3) is 0.647. The molecule has 2 rings (SSSR count). The Morgan fingerprint density at radius 1 is 1.14 bits per heavy atom. The van der Waals surface area contributed by atoms with E-state index < -0.39 is 0 Å². The van der Waals surface area contributed by atoms with Gasteiger partial charge in [0.25, 0.3) is 0 Å². The van der Waals surface area contributed by atoms with E-state index in [1.165, 1.54) is 0 Å². The molecule has 0 saturated carbocycles. The first-order valence-corrected chi connectivity index (χ1v) is 7.87. The highest BCUT2D eigenvalue weighted by Crippen LogP contribution is 2.32. The Balaban J connectivity index is 1.93. The van der Waals surface area contributed by atoms with Gasteiger partial charge in [-0.3, -0.25) is 0 Å². The van der Waals surface area contributed by atoms with Crippen LogP contribution in [0.15, 0.2) is 18.2 Å². The topological polar surface area (TPSA) is 50.7 Å². The summed E-state index contributed by atoms with van der Waals surface area (Å²) in [6.07, 6.45) is 1.44. The summed E-state index contributed by atoms with van der Waals surface area (Å²) in [6, 6.07) is 6.23. The van der Waals surface area contributed by atoms with Gasteiger partial charge in [-0.15, -0.1) is 0 Å². The number of nitrogens with one attached hydrogen (secondary N) is 1. The van der Waals surface area contributed by atoms with Crippen molar-refractivity contribution in [2.75, 3.05) is 19.8 Å². The molecule has 0 aliphatic carbocycles. The van der Waals surface area contributed by atoms with Crippen molar-refractivity contribution in [1.29, 1.82) is 0 Å². The van der Waals surface area contributed by atoms with Crippen LogP contribution < -0.4 is 14.8 Å². The van der Waals surface area contributed by atoms with E-state index in [2.05, 4.69) is 32.2 Å². The first kappa shape index (κ1) is 16.1. The number of aliphatic hydroxyl groups excluding tert-OH is 1. The van der Waals surface area contributed by atoms with Crippen molar-refractivity contribution in [1.82, 2.24) is 5.32 Å². The first-order valence-electron chi connectivity index (χ1n) is 7.87. The van der Waals surface area contributed by atoms with Crippen LogP contribution in [0.5, 0.6) is 11.5 Å². The lowest BCUT2D eigenvalue weighted by molar-refractivity contribution is 0.143. The van der Waals surface area contributed by atoms with Gasteiger partial charge >= 0.3 is 0 Å². The van der Waals surface area contributed by atoms with Gasteiger partial charge in [-0.05, 0) is 37.0 Å². The average Bonchev–Trinajstić information content (AvgIpc) is 2.68. The normalized spacial score (nSPS) is 17.4. The van der Waals surface area contributed by atoms with E-state index in [1.807, 2.05) is 12.1 Å². The van der Waals surface area contributed by atoms with Gasteiger partial charge in [0.05, 0.1) is 19.3 Å². The summed E-state index contributed by atoms with van der Waals surface area (Å²) in [4.78, 5) is 0. The molecule has 2 atom stereocenters. The summed E-state index contributed by atoms with van der Waals surface area (Å²) in [5.41, 5.74) is 1.15. The number of rotatable bonds is 6. The minimum atomic E-state index is -0.298. The lowest BCUT2D eigenvalue weighted by atomic mass is 10.0. The average molecular weight is 293 g/mol. The van der Waals surface area contributed by atoms with E-state index in [9.17, 15) is 5.11 Å². The second-order valence-corrected chi connectivity index (χ2v) is 6.17. The fourth-order valence-corrected chi connectivity index (χ4v) is 2.51. The Morgan fingerprint density at radius 3 is 2.57 bits per heavy atom. The van der Waals surface area contributed by atoms with E-state index >= 15 is 0 Å². The highest BCUT2D eigenvalue weighted by molar-refractivity contribution is 5.44. The summed E-state index contributed by atoms with van der Waals surface area (Å²) >= 11 is 0. The van der Waals surface area contributed by atoms with Crippen molar-refractivity contribution in [3.05, 3.63) is 23.8 Å². The van der Waals surface area contributed by atoms with Crippen LogP contribution >= 0.6 is 0 Å². The highest BCUT2D eigenvalue weighted by atomic mass is 16.5. The van der Waals surface area contributed by atoms with Crippen LogP contribution in [0.3, 0.4) is 0 Å². The van der Waals surface area contributed by atoms with Crippen molar-refractivity contribution >= 4 is 0 Å². The lowest BCUT2D eigenvalue weighted by Crippen LogP contribution is -2.30. The van der Waals surface area contributed by atoms with Crippen molar-refractivity contribution in [3.8, 4) is 11.5 Å². The standard InChI is InChI=1S/C17H27NO3/c1-12(2)9-15(19)11-18-13(3)14-5-6-16-17(10-14)21-8-4-7-20-16/h5-6,10,12-13,15,18-19H,4,7-9,11H2,1-3H3. The van der Waals surface area contributed by atoms with E-state index in [-0.39, 0.29) is 12.1 Å². The van der Waals surface area contributed by atoms with Crippen molar-refractivity contribution in [2.45, 2.75) is 45.8 Å². The van der Waals surface area contributed by atoms with Crippen molar-refractivity contribution in [3.63, 3.8) is 0 Å². The molecule has 1 aromatic rings. The molecule has 1 aromatic carbocycles. The van der Waals surface area contributed by atoms with Crippen LogP contribution in [0.1, 0.15) is 45.2 Å². The molecule has 4 heteroatoms. The summed E-state index contributed by atoms with van der Waals surface area (Å²) in [5.74, 6) is 2.15. The molecule has 4 nitrogen and oxygen atoms in total. The molecule has 1 aliphatic heterocycles. The summed E-state index contributed by atoms with van der Waals surface area (Å²) < 4.78 is 11.4. The van der Waals surface area contributed by atoms with Gasteiger partial charge in [0.15, 0.2) is 11.5 Å². The Kier molecular flexibility index (Phi) is 5.88. The van der Waals surface area contributed by atoms with Gasteiger partial charge in [0.1, 0.15) is 0 Å². The molecule has 2 N–H and O–H groups in total. The maximum atomic E-state index is 9.94. The largest absolute Gasteiger partial charge is 0.490 e. The molecule has 0 saturated heterocycles. The Labute approximate surface area is 127 Å². The number of fused-ring (bicyclic) bond motifs is 1. The minimum Gasteiger partial charge on any atom is -0.490 e. The molecule has 0 fully saturated rings. The van der Waals surface area contributed by atoms with Crippen LogP contribution in [-0.2, 0) is 0 Å². The van der Waals surface area contributed by atoms with Crippen molar-refractivity contribution in [2.24, 2.45) is 5.92 Å². The zero-order valence-corrected chi connectivity index (χ0v) is 13.3. The third kappa shape index (κ3) is 4.90. The molecule has 21 heavy (non-hydrogen) atoms. The maximum absolute atomic E-state index is 9.94. The number of ether oxygens (including phenoxy) is 2. The van der Waals surface area contributed by atoms with E-state index in [4.69, 9.17) is 9.47 Å². The Bertz CT molecular complexity index is 448. The highest BCUT2D eigenvalue weighted by Gasteiger charge is 2.14.